The number of ketones is 1. The van der Waals surface area contributed by atoms with Gasteiger partial charge in [-0.15, -0.1) is 0 Å². The van der Waals surface area contributed by atoms with E-state index in [9.17, 15) is 4.79 Å². The Morgan fingerprint density at radius 1 is 1.60 bits per heavy atom. The van der Waals surface area contributed by atoms with E-state index in [1.54, 1.807) is 6.92 Å². The van der Waals surface area contributed by atoms with Crippen molar-refractivity contribution in [2.75, 3.05) is 0 Å². The van der Waals surface area contributed by atoms with Crippen molar-refractivity contribution in [3.8, 4) is 0 Å². The molecule has 0 spiro atoms. The summed E-state index contributed by atoms with van der Waals surface area (Å²) in [5.41, 5.74) is 0.671. The highest BCUT2D eigenvalue weighted by Crippen LogP contribution is 2.04. The fourth-order valence-electron chi connectivity index (χ4n) is 0.656. The zero-order valence-corrected chi connectivity index (χ0v) is 6.72. The molecule has 0 aromatic carbocycles. The molecule has 0 unspecified atom stereocenters. The lowest BCUT2D eigenvalue weighted by Gasteiger charge is -2.01. The van der Waals surface area contributed by atoms with E-state index in [1.165, 1.54) is 6.20 Å². The maximum atomic E-state index is 11.1. The van der Waals surface area contributed by atoms with Gasteiger partial charge in [0.15, 0.2) is 5.78 Å². The lowest BCUT2D eigenvalue weighted by Crippen LogP contribution is -2.07. The van der Waals surface area contributed by atoms with Crippen LogP contribution in [0.1, 0.15) is 20.8 Å². The molecular formula is C8H13NO. The van der Waals surface area contributed by atoms with E-state index < -0.39 is 0 Å². The lowest BCUT2D eigenvalue weighted by atomic mass is 10.0. The number of rotatable bonds is 3. The minimum Gasteiger partial charge on any atom is -0.294 e. The van der Waals surface area contributed by atoms with Gasteiger partial charge < -0.3 is 0 Å². The first-order valence-corrected chi connectivity index (χ1v) is 3.26. The number of aliphatic imine (C=N–C) groups is 1. The molecule has 0 aliphatic carbocycles. The van der Waals surface area contributed by atoms with Gasteiger partial charge in [0.05, 0.1) is 0 Å². The monoisotopic (exact) mass is 139 g/mol. The van der Waals surface area contributed by atoms with Crippen LogP contribution < -0.4 is 0 Å². The van der Waals surface area contributed by atoms with Crippen LogP contribution in [0.3, 0.4) is 0 Å². The molecule has 0 saturated carbocycles. The summed E-state index contributed by atoms with van der Waals surface area (Å²) in [6, 6.07) is 0. The van der Waals surface area contributed by atoms with Crippen molar-refractivity contribution in [1.29, 1.82) is 0 Å². The van der Waals surface area contributed by atoms with Gasteiger partial charge in [-0.25, -0.2) is 0 Å². The fraction of sp³-hybridized carbons (Fsp3) is 0.500. The topological polar surface area (TPSA) is 29.4 Å². The van der Waals surface area contributed by atoms with Crippen LogP contribution in [-0.2, 0) is 4.79 Å². The van der Waals surface area contributed by atoms with Crippen LogP contribution in [-0.4, -0.2) is 12.5 Å². The highest BCUT2D eigenvalue weighted by atomic mass is 16.1. The van der Waals surface area contributed by atoms with Crippen LogP contribution in [0.5, 0.6) is 0 Å². The van der Waals surface area contributed by atoms with E-state index in [2.05, 4.69) is 11.7 Å². The molecule has 0 fully saturated rings. The Morgan fingerprint density at radius 2 is 2.10 bits per heavy atom. The molecule has 0 N–H and O–H groups in total. The molecule has 2 nitrogen and oxygen atoms in total. The predicted octanol–water partition coefficient (Wildman–Crippen LogP) is 1.82. The SMILES string of the molecule is C=NC=C(C)C(=O)C(C)C. The zero-order valence-electron chi connectivity index (χ0n) is 6.72. The Hall–Kier alpha value is -0.920. The summed E-state index contributed by atoms with van der Waals surface area (Å²) in [4.78, 5) is 14.6. The summed E-state index contributed by atoms with van der Waals surface area (Å²) in [5, 5.41) is 0. The molecule has 2 heteroatoms. The third-order valence-corrected chi connectivity index (χ3v) is 1.20. The molecule has 0 aliphatic rings. The highest BCUT2D eigenvalue weighted by molar-refractivity contribution is 5.96. The second kappa shape index (κ2) is 3.99. The number of hydrogen-bond acceptors (Lipinski definition) is 2. The summed E-state index contributed by atoms with van der Waals surface area (Å²) < 4.78 is 0. The molecule has 0 saturated heterocycles. The second-order valence-electron chi connectivity index (χ2n) is 2.51. The molecule has 0 aromatic heterocycles. The Balaban J connectivity index is 4.21. The quantitative estimate of drug-likeness (QED) is 0.433. The molecule has 0 atom stereocenters. The molecule has 0 heterocycles. The minimum atomic E-state index is 0.0537. The summed E-state index contributed by atoms with van der Waals surface area (Å²) in [5.74, 6) is 0.186. The van der Waals surface area contributed by atoms with Gasteiger partial charge in [0, 0.05) is 17.7 Å². The average Bonchev–Trinajstić information content (AvgIpc) is 1.87. The van der Waals surface area contributed by atoms with E-state index in [0.717, 1.165) is 0 Å². The first-order chi connectivity index (χ1) is 4.59. The number of carbonyl (C=O) groups excluding carboxylic acids is 1. The van der Waals surface area contributed by atoms with E-state index in [4.69, 9.17) is 0 Å². The first kappa shape index (κ1) is 9.08. The zero-order chi connectivity index (χ0) is 8.15. The van der Waals surface area contributed by atoms with Gasteiger partial charge in [0.1, 0.15) is 0 Å². The van der Waals surface area contributed by atoms with E-state index in [-0.39, 0.29) is 11.7 Å². The summed E-state index contributed by atoms with van der Waals surface area (Å²) in [7, 11) is 0. The fourth-order valence-corrected chi connectivity index (χ4v) is 0.656. The maximum absolute atomic E-state index is 11.1. The van der Waals surface area contributed by atoms with Crippen molar-refractivity contribution in [1.82, 2.24) is 0 Å². The van der Waals surface area contributed by atoms with Gasteiger partial charge in [-0.2, -0.15) is 0 Å². The van der Waals surface area contributed by atoms with Gasteiger partial charge >= 0.3 is 0 Å². The number of allylic oxidation sites excluding steroid dienone is 1. The van der Waals surface area contributed by atoms with Crippen molar-refractivity contribution >= 4 is 12.5 Å². The molecule has 56 valence electrons. The van der Waals surface area contributed by atoms with Gasteiger partial charge in [0.2, 0.25) is 0 Å². The first-order valence-electron chi connectivity index (χ1n) is 3.26. The minimum absolute atomic E-state index is 0.0537. The molecule has 10 heavy (non-hydrogen) atoms. The van der Waals surface area contributed by atoms with Crippen LogP contribution in [0.4, 0.5) is 0 Å². The molecule has 0 bridgehead atoms. The van der Waals surface area contributed by atoms with Crippen LogP contribution in [0.2, 0.25) is 0 Å². The van der Waals surface area contributed by atoms with E-state index >= 15 is 0 Å². The molecule has 0 radical (unpaired) electrons. The van der Waals surface area contributed by atoms with Crippen LogP contribution in [0.25, 0.3) is 0 Å². The van der Waals surface area contributed by atoms with Crippen molar-refractivity contribution in [2.45, 2.75) is 20.8 Å². The third kappa shape index (κ3) is 2.58. The Morgan fingerprint density at radius 3 is 2.40 bits per heavy atom. The van der Waals surface area contributed by atoms with Crippen molar-refractivity contribution < 1.29 is 4.79 Å². The normalized spacial score (nSPS) is 11.8. The average molecular weight is 139 g/mol. The maximum Gasteiger partial charge on any atom is 0.162 e. The number of hydrogen-bond donors (Lipinski definition) is 0. The predicted molar refractivity (Wildman–Crippen MR) is 43.2 cm³/mol. The number of nitrogens with zero attached hydrogens (tertiary/aromatic N) is 1. The third-order valence-electron chi connectivity index (χ3n) is 1.20. The van der Waals surface area contributed by atoms with Crippen LogP contribution in [0.15, 0.2) is 16.8 Å². The smallest absolute Gasteiger partial charge is 0.162 e. The van der Waals surface area contributed by atoms with Crippen molar-refractivity contribution in [3.63, 3.8) is 0 Å². The van der Waals surface area contributed by atoms with Crippen LogP contribution >= 0.6 is 0 Å². The molecule has 0 rings (SSSR count). The van der Waals surface area contributed by atoms with Gasteiger partial charge in [-0.1, -0.05) is 13.8 Å². The van der Waals surface area contributed by atoms with E-state index in [1.807, 2.05) is 13.8 Å². The largest absolute Gasteiger partial charge is 0.294 e. The van der Waals surface area contributed by atoms with Gasteiger partial charge in [-0.05, 0) is 13.6 Å². The molecular weight excluding hydrogens is 126 g/mol. The molecule has 0 aromatic rings. The Kier molecular flexibility index (Phi) is 3.62. The highest BCUT2D eigenvalue weighted by Gasteiger charge is 2.07. The second-order valence-corrected chi connectivity index (χ2v) is 2.51. The Bertz CT molecular complexity index is 168. The summed E-state index contributed by atoms with van der Waals surface area (Å²) >= 11 is 0. The Labute approximate surface area is 61.7 Å². The summed E-state index contributed by atoms with van der Waals surface area (Å²) in [6.45, 7) is 8.74. The summed E-state index contributed by atoms with van der Waals surface area (Å²) in [6.07, 6.45) is 1.49. The van der Waals surface area contributed by atoms with Gasteiger partial charge in [-0.3, -0.25) is 9.79 Å². The molecule has 0 amide bonds. The standard InChI is InChI=1S/C8H13NO/c1-6(2)8(10)7(3)5-9-4/h5-6H,4H2,1-3H3. The van der Waals surface area contributed by atoms with E-state index in [0.29, 0.717) is 5.57 Å². The lowest BCUT2D eigenvalue weighted by molar-refractivity contribution is -0.118. The van der Waals surface area contributed by atoms with Crippen molar-refractivity contribution in [3.05, 3.63) is 11.8 Å². The van der Waals surface area contributed by atoms with Crippen LogP contribution in [0, 0.1) is 5.92 Å². The number of carbonyl (C=O) groups is 1. The number of Topliss-reactive ketones (excluding diaryl/α,β-unsaturated/α-hetero) is 1. The van der Waals surface area contributed by atoms with Gasteiger partial charge in [0.25, 0.3) is 0 Å². The molecule has 0 aliphatic heterocycles. The van der Waals surface area contributed by atoms with Crippen molar-refractivity contribution in [2.24, 2.45) is 10.9 Å².